The minimum atomic E-state index is -4.22. The molecule has 2 aromatic carbocycles. The lowest BCUT2D eigenvalue weighted by atomic mass is 9.96. The predicted octanol–water partition coefficient (Wildman–Crippen LogP) is 4.47. The molecule has 1 aliphatic rings. The first-order valence-corrected chi connectivity index (χ1v) is 12.6. The Kier molecular flexibility index (Phi) is 6.87. The van der Waals surface area contributed by atoms with E-state index in [0.717, 1.165) is 26.9 Å². The van der Waals surface area contributed by atoms with Gasteiger partial charge < -0.3 is 5.32 Å². The highest BCUT2D eigenvalue weighted by Gasteiger charge is 2.34. The third-order valence-corrected chi connectivity index (χ3v) is 8.50. The highest BCUT2D eigenvalue weighted by molar-refractivity contribution is 7.89. The van der Waals surface area contributed by atoms with Gasteiger partial charge in [-0.05, 0) is 60.2 Å². The van der Waals surface area contributed by atoms with Gasteiger partial charge in [-0.3, -0.25) is 4.79 Å². The molecule has 0 spiro atoms. The molecular formula is C23H21F3N2O3S2. The first-order valence-electron chi connectivity index (χ1n) is 10.3. The SMILES string of the molecule is O=C(NC(c1ccc(F)cc1)c1cccs1)C1CCN(S(=O)(=O)c2cc(F)ccc2F)CC1. The Morgan fingerprint density at radius 2 is 1.67 bits per heavy atom. The summed E-state index contributed by atoms with van der Waals surface area (Å²) in [5, 5.41) is 4.88. The van der Waals surface area contributed by atoms with Crippen LogP contribution in [0.3, 0.4) is 0 Å². The van der Waals surface area contributed by atoms with Crippen molar-refractivity contribution in [3.63, 3.8) is 0 Å². The van der Waals surface area contributed by atoms with Gasteiger partial charge in [0.15, 0.2) is 0 Å². The van der Waals surface area contributed by atoms with Crippen molar-refractivity contribution < 1.29 is 26.4 Å². The summed E-state index contributed by atoms with van der Waals surface area (Å²) < 4.78 is 67.5. The Labute approximate surface area is 193 Å². The lowest BCUT2D eigenvalue weighted by Crippen LogP contribution is -2.43. The standard InChI is InChI=1S/C23H21F3N2O3S2/c24-17-5-3-15(4-6-17)22(20-2-1-13-32-20)27-23(29)16-9-11-28(12-10-16)33(30,31)21-14-18(25)7-8-19(21)26/h1-8,13-14,16,22H,9-12H2,(H,27,29). The molecule has 4 rings (SSSR count). The molecule has 3 aromatic rings. The number of carbonyl (C=O) groups is 1. The Morgan fingerprint density at radius 3 is 2.30 bits per heavy atom. The molecule has 0 aliphatic carbocycles. The van der Waals surface area contributed by atoms with Gasteiger partial charge in [0.1, 0.15) is 22.3 Å². The number of amides is 1. The van der Waals surface area contributed by atoms with Crippen molar-refractivity contribution >= 4 is 27.3 Å². The van der Waals surface area contributed by atoms with Crippen molar-refractivity contribution in [2.75, 3.05) is 13.1 Å². The largest absolute Gasteiger partial charge is 0.344 e. The zero-order chi connectivity index (χ0) is 23.6. The molecule has 2 heterocycles. The smallest absolute Gasteiger partial charge is 0.246 e. The second kappa shape index (κ2) is 9.66. The van der Waals surface area contributed by atoms with Gasteiger partial charge in [0, 0.05) is 23.9 Å². The Bertz CT molecular complexity index is 1220. The number of halogens is 3. The fourth-order valence-electron chi connectivity index (χ4n) is 3.86. The molecule has 0 bridgehead atoms. The van der Waals surface area contributed by atoms with Gasteiger partial charge in [-0.25, -0.2) is 21.6 Å². The molecule has 5 nitrogen and oxygen atoms in total. The van der Waals surface area contributed by atoms with Crippen LogP contribution >= 0.6 is 11.3 Å². The van der Waals surface area contributed by atoms with E-state index in [9.17, 15) is 26.4 Å². The van der Waals surface area contributed by atoms with Gasteiger partial charge in [-0.2, -0.15) is 4.31 Å². The summed E-state index contributed by atoms with van der Waals surface area (Å²) in [4.78, 5) is 13.2. The quantitative estimate of drug-likeness (QED) is 0.550. The van der Waals surface area contributed by atoms with Crippen molar-refractivity contribution in [3.8, 4) is 0 Å². The Balaban J connectivity index is 1.45. The fourth-order valence-corrected chi connectivity index (χ4v) is 6.21. The minimum absolute atomic E-state index is 0.0105. The summed E-state index contributed by atoms with van der Waals surface area (Å²) >= 11 is 1.46. The summed E-state index contributed by atoms with van der Waals surface area (Å²) in [6.07, 6.45) is 0.477. The maximum atomic E-state index is 14.0. The van der Waals surface area contributed by atoms with Crippen LogP contribution < -0.4 is 5.32 Å². The van der Waals surface area contributed by atoms with Crippen LogP contribution in [0.4, 0.5) is 13.2 Å². The van der Waals surface area contributed by atoms with E-state index in [1.165, 1.54) is 23.5 Å². The van der Waals surface area contributed by atoms with Crippen molar-refractivity contribution in [3.05, 3.63) is 87.9 Å². The molecule has 174 valence electrons. The summed E-state index contributed by atoms with van der Waals surface area (Å²) in [6, 6.07) is 11.5. The molecular weight excluding hydrogens is 473 g/mol. The molecule has 33 heavy (non-hydrogen) atoms. The first-order chi connectivity index (χ1) is 15.8. The Morgan fingerprint density at radius 1 is 1.00 bits per heavy atom. The highest BCUT2D eigenvalue weighted by Crippen LogP contribution is 2.29. The van der Waals surface area contributed by atoms with Gasteiger partial charge in [-0.1, -0.05) is 18.2 Å². The molecule has 1 atom stereocenters. The summed E-state index contributed by atoms with van der Waals surface area (Å²) in [5.41, 5.74) is 0.730. The van der Waals surface area contributed by atoms with Crippen LogP contribution in [-0.4, -0.2) is 31.7 Å². The van der Waals surface area contributed by atoms with Gasteiger partial charge >= 0.3 is 0 Å². The molecule has 10 heteroatoms. The topological polar surface area (TPSA) is 66.5 Å². The number of hydrogen-bond acceptors (Lipinski definition) is 4. The number of benzene rings is 2. The van der Waals surface area contributed by atoms with Crippen LogP contribution in [0.25, 0.3) is 0 Å². The van der Waals surface area contributed by atoms with Crippen molar-refractivity contribution in [2.24, 2.45) is 5.92 Å². The normalized spacial score (nSPS) is 16.5. The lowest BCUT2D eigenvalue weighted by Gasteiger charge is -2.31. The highest BCUT2D eigenvalue weighted by atomic mass is 32.2. The van der Waals surface area contributed by atoms with Gasteiger partial charge in [0.25, 0.3) is 0 Å². The average Bonchev–Trinajstić information content (AvgIpc) is 3.34. The number of sulfonamides is 1. The van der Waals surface area contributed by atoms with Crippen LogP contribution in [0.1, 0.15) is 29.3 Å². The number of rotatable bonds is 6. The van der Waals surface area contributed by atoms with E-state index in [1.807, 2.05) is 17.5 Å². The number of nitrogens with zero attached hydrogens (tertiary/aromatic N) is 1. The van der Waals surface area contributed by atoms with Crippen LogP contribution in [0.5, 0.6) is 0 Å². The molecule has 0 saturated carbocycles. The molecule has 1 aliphatic heterocycles. The van der Waals surface area contributed by atoms with E-state index < -0.39 is 38.5 Å². The van der Waals surface area contributed by atoms with Crippen molar-refractivity contribution in [1.82, 2.24) is 9.62 Å². The van der Waals surface area contributed by atoms with Crippen LogP contribution in [0, 0.1) is 23.4 Å². The number of hydrogen-bond donors (Lipinski definition) is 1. The maximum Gasteiger partial charge on any atom is 0.246 e. The number of carbonyl (C=O) groups excluding carboxylic acids is 1. The van der Waals surface area contributed by atoms with Gasteiger partial charge in [0.05, 0.1) is 6.04 Å². The zero-order valence-electron chi connectivity index (χ0n) is 17.4. The molecule has 1 fully saturated rings. The van der Waals surface area contributed by atoms with Crippen molar-refractivity contribution in [2.45, 2.75) is 23.8 Å². The van der Waals surface area contributed by atoms with E-state index in [4.69, 9.17) is 0 Å². The van der Waals surface area contributed by atoms with E-state index in [2.05, 4.69) is 5.32 Å². The zero-order valence-corrected chi connectivity index (χ0v) is 19.0. The second-order valence-electron chi connectivity index (χ2n) is 7.76. The van der Waals surface area contributed by atoms with E-state index in [0.29, 0.717) is 6.07 Å². The first kappa shape index (κ1) is 23.5. The average molecular weight is 495 g/mol. The molecule has 1 unspecified atom stereocenters. The Hall–Kier alpha value is -2.69. The van der Waals surface area contributed by atoms with Crippen LogP contribution in [-0.2, 0) is 14.8 Å². The number of nitrogens with one attached hydrogen (secondary N) is 1. The molecule has 1 N–H and O–H groups in total. The molecule has 1 saturated heterocycles. The summed E-state index contributed by atoms with van der Waals surface area (Å²) in [5.74, 6) is -2.93. The predicted molar refractivity (Wildman–Crippen MR) is 119 cm³/mol. The monoisotopic (exact) mass is 494 g/mol. The molecule has 1 amide bonds. The summed E-state index contributed by atoms with van der Waals surface area (Å²) in [7, 11) is -4.22. The molecule has 0 radical (unpaired) electrons. The summed E-state index contributed by atoms with van der Waals surface area (Å²) in [6.45, 7) is 0.0210. The van der Waals surface area contributed by atoms with Crippen molar-refractivity contribution in [1.29, 1.82) is 0 Å². The van der Waals surface area contributed by atoms with E-state index >= 15 is 0 Å². The number of piperidine rings is 1. The maximum absolute atomic E-state index is 14.0. The minimum Gasteiger partial charge on any atom is -0.344 e. The van der Waals surface area contributed by atoms with E-state index in [1.54, 1.807) is 12.1 Å². The lowest BCUT2D eigenvalue weighted by molar-refractivity contribution is -0.126. The van der Waals surface area contributed by atoms with Gasteiger partial charge in [0.2, 0.25) is 15.9 Å². The van der Waals surface area contributed by atoms with Gasteiger partial charge in [-0.15, -0.1) is 11.3 Å². The second-order valence-corrected chi connectivity index (χ2v) is 10.6. The molecule has 1 aromatic heterocycles. The number of thiophene rings is 1. The van der Waals surface area contributed by atoms with Crippen LogP contribution in [0.2, 0.25) is 0 Å². The van der Waals surface area contributed by atoms with Crippen LogP contribution in [0.15, 0.2) is 64.9 Å². The van der Waals surface area contributed by atoms with E-state index in [-0.39, 0.29) is 37.7 Å². The third-order valence-electron chi connectivity index (χ3n) is 5.65. The third kappa shape index (κ3) is 5.13. The fraction of sp³-hybridized carbons (Fsp3) is 0.261.